The molecule has 0 heterocycles. The molecule has 0 saturated heterocycles. The summed E-state index contributed by atoms with van der Waals surface area (Å²) in [6.45, 7) is 0.603. The molecule has 5 heteroatoms. The Hall–Kier alpha value is -1.78. The second-order valence-corrected chi connectivity index (χ2v) is 3.95. The molecule has 0 spiro atoms. The third kappa shape index (κ3) is 3.94. The van der Waals surface area contributed by atoms with Gasteiger partial charge in [-0.3, -0.25) is 0 Å². The number of carbonyl (C=O) groups is 1. The van der Waals surface area contributed by atoms with Gasteiger partial charge in [-0.1, -0.05) is 12.1 Å². The predicted octanol–water partition coefficient (Wildman–Crippen LogP) is 1.67. The number of halogens is 1. The first-order chi connectivity index (χ1) is 8.25. The highest BCUT2D eigenvalue weighted by molar-refractivity contribution is 5.74. The fraction of sp³-hybridized carbons (Fsp3) is 0.417. The molecular weight excluding hydrogens is 223 g/mol. The monoisotopic (exact) mass is 238 g/mol. The van der Waals surface area contributed by atoms with E-state index in [9.17, 15) is 9.18 Å². The van der Waals surface area contributed by atoms with E-state index >= 15 is 0 Å². The first kappa shape index (κ1) is 11.7. The number of benzene rings is 1. The maximum atomic E-state index is 13.1. The van der Waals surface area contributed by atoms with Gasteiger partial charge < -0.3 is 15.4 Å². The van der Waals surface area contributed by atoms with Crippen molar-refractivity contribution >= 4 is 6.03 Å². The number of hydrogen-bond donors (Lipinski definition) is 2. The molecule has 0 radical (unpaired) electrons. The number of hydrogen-bond acceptors (Lipinski definition) is 2. The molecule has 0 unspecified atom stereocenters. The lowest BCUT2D eigenvalue weighted by molar-refractivity contribution is 0.235. The lowest BCUT2D eigenvalue weighted by Crippen LogP contribution is -2.38. The molecule has 1 saturated carbocycles. The number of ether oxygens (including phenoxy) is 1. The average molecular weight is 238 g/mol. The SMILES string of the molecule is O=C(NCCOc1ccccc1F)NC1CC1. The standard InChI is InChI=1S/C12H15FN2O2/c13-10-3-1-2-4-11(10)17-8-7-14-12(16)15-9-5-6-9/h1-4,9H,5-8H2,(H2,14,15,16). The molecule has 0 atom stereocenters. The van der Waals surface area contributed by atoms with Crippen LogP contribution in [0.1, 0.15) is 12.8 Å². The largest absolute Gasteiger partial charge is 0.489 e. The zero-order valence-electron chi connectivity index (χ0n) is 9.41. The minimum Gasteiger partial charge on any atom is -0.489 e. The summed E-state index contributed by atoms with van der Waals surface area (Å²) >= 11 is 0. The molecule has 1 aliphatic rings. The highest BCUT2D eigenvalue weighted by atomic mass is 19.1. The minimum atomic E-state index is -0.394. The first-order valence-corrected chi connectivity index (χ1v) is 5.67. The molecule has 0 bridgehead atoms. The normalized spacial score (nSPS) is 14.2. The number of urea groups is 1. The van der Waals surface area contributed by atoms with Gasteiger partial charge in [0, 0.05) is 6.04 Å². The quantitative estimate of drug-likeness (QED) is 0.766. The molecule has 2 N–H and O–H groups in total. The fourth-order valence-corrected chi connectivity index (χ4v) is 1.35. The molecule has 2 rings (SSSR count). The molecule has 1 aromatic carbocycles. The zero-order valence-corrected chi connectivity index (χ0v) is 9.41. The molecular formula is C12H15FN2O2. The maximum absolute atomic E-state index is 13.1. The van der Waals surface area contributed by atoms with Crippen LogP contribution in [-0.4, -0.2) is 25.2 Å². The summed E-state index contributed by atoms with van der Waals surface area (Å²) in [5, 5.41) is 5.43. The maximum Gasteiger partial charge on any atom is 0.315 e. The van der Waals surface area contributed by atoms with Crippen LogP contribution in [0.5, 0.6) is 5.75 Å². The van der Waals surface area contributed by atoms with E-state index in [-0.39, 0.29) is 18.4 Å². The van der Waals surface area contributed by atoms with Gasteiger partial charge in [0.25, 0.3) is 0 Å². The minimum absolute atomic E-state index is 0.190. The first-order valence-electron chi connectivity index (χ1n) is 5.67. The van der Waals surface area contributed by atoms with E-state index in [0.717, 1.165) is 12.8 Å². The Morgan fingerprint density at radius 3 is 2.88 bits per heavy atom. The highest BCUT2D eigenvalue weighted by Crippen LogP contribution is 2.18. The van der Waals surface area contributed by atoms with Crippen molar-refractivity contribution in [3.63, 3.8) is 0 Å². The van der Waals surface area contributed by atoms with Crippen molar-refractivity contribution in [1.82, 2.24) is 10.6 Å². The number of para-hydroxylation sites is 1. The summed E-state index contributed by atoms with van der Waals surface area (Å²) in [4.78, 5) is 11.2. The summed E-state index contributed by atoms with van der Waals surface area (Å²) in [6.07, 6.45) is 2.11. The molecule has 0 aliphatic heterocycles. The van der Waals surface area contributed by atoms with E-state index < -0.39 is 5.82 Å². The molecule has 4 nitrogen and oxygen atoms in total. The number of rotatable bonds is 5. The third-order valence-corrected chi connectivity index (χ3v) is 2.39. The van der Waals surface area contributed by atoms with Crippen molar-refractivity contribution in [2.75, 3.05) is 13.2 Å². The third-order valence-electron chi connectivity index (χ3n) is 2.39. The van der Waals surface area contributed by atoms with Crippen molar-refractivity contribution < 1.29 is 13.9 Å². The Morgan fingerprint density at radius 1 is 1.41 bits per heavy atom. The molecule has 1 aliphatic carbocycles. The summed E-state index contributed by atoms with van der Waals surface area (Å²) in [7, 11) is 0. The average Bonchev–Trinajstić information content (AvgIpc) is 3.10. The van der Waals surface area contributed by atoms with Crippen molar-refractivity contribution in [3.05, 3.63) is 30.1 Å². The number of nitrogens with one attached hydrogen (secondary N) is 2. The number of amides is 2. The fourth-order valence-electron chi connectivity index (χ4n) is 1.35. The Morgan fingerprint density at radius 2 is 2.18 bits per heavy atom. The van der Waals surface area contributed by atoms with Crippen LogP contribution in [0, 0.1) is 5.82 Å². The van der Waals surface area contributed by atoms with E-state index in [2.05, 4.69) is 10.6 Å². The van der Waals surface area contributed by atoms with Crippen LogP contribution in [-0.2, 0) is 0 Å². The van der Waals surface area contributed by atoms with Crippen LogP contribution in [0.4, 0.5) is 9.18 Å². The van der Waals surface area contributed by atoms with Crippen LogP contribution in [0.25, 0.3) is 0 Å². The molecule has 2 amide bonds. The van der Waals surface area contributed by atoms with Gasteiger partial charge in [-0.2, -0.15) is 0 Å². The second kappa shape index (κ2) is 5.52. The van der Waals surface area contributed by atoms with Crippen LogP contribution < -0.4 is 15.4 Å². The van der Waals surface area contributed by atoms with Crippen molar-refractivity contribution in [3.8, 4) is 5.75 Å². The zero-order chi connectivity index (χ0) is 12.1. The summed E-state index contributed by atoms with van der Waals surface area (Å²) in [6, 6.07) is 6.34. The van der Waals surface area contributed by atoms with Gasteiger partial charge in [-0.05, 0) is 25.0 Å². The van der Waals surface area contributed by atoms with Crippen LogP contribution in [0.2, 0.25) is 0 Å². The summed E-state index contributed by atoms with van der Waals surface area (Å²) < 4.78 is 18.3. The Kier molecular flexibility index (Phi) is 3.80. The lowest BCUT2D eigenvalue weighted by Gasteiger charge is -2.08. The number of carbonyl (C=O) groups excluding carboxylic acids is 1. The molecule has 0 aromatic heterocycles. The predicted molar refractivity (Wildman–Crippen MR) is 61.5 cm³/mol. The molecule has 17 heavy (non-hydrogen) atoms. The van der Waals surface area contributed by atoms with Gasteiger partial charge in [0.15, 0.2) is 11.6 Å². The lowest BCUT2D eigenvalue weighted by atomic mass is 10.3. The van der Waals surface area contributed by atoms with E-state index in [1.54, 1.807) is 18.2 Å². The van der Waals surface area contributed by atoms with Gasteiger partial charge in [0.1, 0.15) is 6.61 Å². The second-order valence-electron chi connectivity index (χ2n) is 3.95. The van der Waals surface area contributed by atoms with Crippen LogP contribution in [0.3, 0.4) is 0 Å². The van der Waals surface area contributed by atoms with E-state index in [1.165, 1.54) is 6.07 Å². The van der Waals surface area contributed by atoms with Crippen LogP contribution in [0.15, 0.2) is 24.3 Å². The van der Waals surface area contributed by atoms with Gasteiger partial charge in [0.05, 0.1) is 6.54 Å². The Bertz CT molecular complexity index is 394. The molecule has 1 aromatic rings. The van der Waals surface area contributed by atoms with Gasteiger partial charge in [-0.15, -0.1) is 0 Å². The van der Waals surface area contributed by atoms with E-state index in [0.29, 0.717) is 12.6 Å². The topological polar surface area (TPSA) is 50.4 Å². The van der Waals surface area contributed by atoms with Crippen molar-refractivity contribution in [1.29, 1.82) is 0 Å². The Balaban J connectivity index is 1.62. The van der Waals surface area contributed by atoms with E-state index in [4.69, 9.17) is 4.74 Å². The Labute approximate surface area is 99.2 Å². The van der Waals surface area contributed by atoms with Crippen molar-refractivity contribution in [2.45, 2.75) is 18.9 Å². The summed E-state index contributed by atoms with van der Waals surface area (Å²) in [5.74, 6) is -0.188. The highest BCUT2D eigenvalue weighted by Gasteiger charge is 2.22. The molecule has 92 valence electrons. The van der Waals surface area contributed by atoms with Gasteiger partial charge in [0.2, 0.25) is 0 Å². The van der Waals surface area contributed by atoms with Gasteiger partial charge >= 0.3 is 6.03 Å². The van der Waals surface area contributed by atoms with Crippen LogP contribution >= 0.6 is 0 Å². The van der Waals surface area contributed by atoms with Gasteiger partial charge in [-0.25, -0.2) is 9.18 Å². The van der Waals surface area contributed by atoms with Crippen molar-refractivity contribution in [2.24, 2.45) is 0 Å². The molecule has 1 fully saturated rings. The smallest absolute Gasteiger partial charge is 0.315 e. The summed E-state index contributed by atoms with van der Waals surface area (Å²) in [5.41, 5.74) is 0. The van der Waals surface area contributed by atoms with E-state index in [1.807, 2.05) is 0 Å².